The summed E-state index contributed by atoms with van der Waals surface area (Å²) >= 11 is 0. The molecule has 0 radical (unpaired) electrons. The van der Waals surface area contributed by atoms with Gasteiger partial charge < -0.3 is 9.47 Å². The SMILES string of the molecule is CCCCCCCCCCCCC(=O)OC(CC)C1(C)CCC=C(C2=NCC=C2OCCCCCC)C1. The molecular formula is C33H57NO3. The normalized spacial score (nSPS) is 20.3. The molecule has 0 saturated heterocycles. The average molecular weight is 516 g/mol. The predicted molar refractivity (Wildman–Crippen MR) is 157 cm³/mol. The Hall–Kier alpha value is -1.58. The molecule has 212 valence electrons. The quantitative estimate of drug-likeness (QED) is 0.113. The number of aliphatic imine (C=N–C) groups is 1. The van der Waals surface area contributed by atoms with Crippen LogP contribution in [0.2, 0.25) is 0 Å². The number of unbranched alkanes of at least 4 members (excludes halogenated alkanes) is 12. The van der Waals surface area contributed by atoms with Crippen LogP contribution in [0.3, 0.4) is 0 Å². The number of carbonyl (C=O) groups is 1. The second-order valence-corrected chi connectivity index (χ2v) is 11.6. The fraction of sp³-hybridized carbons (Fsp3) is 0.818. The van der Waals surface area contributed by atoms with Crippen molar-refractivity contribution in [3.63, 3.8) is 0 Å². The van der Waals surface area contributed by atoms with Gasteiger partial charge in [-0.15, -0.1) is 0 Å². The summed E-state index contributed by atoms with van der Waals surface area (Å²) in [6.07, 6.45) is 26.4. The minimum atomic E-state index is -0.0520. The van der Waals surface area contributed by atoms with E-state index in [9.17, 15) is 4.79 Å². The molecule has 2 rings (SSSR count). The van der Waals surface area contributed by atoms with E-state index in [1.165, 1.54) is 76.2 Å². The van der Waals surface area contributed by atoms with E-state index in [1.54, 1.807) is 0 Å². The standard InChI is InChI=1S/C33H57NO3/c1-5-8-10-12-13-14-15-16-17-18-22-31(35)37-30(7-3)33(4)24-20-21-28(27-33)32-29(23-25-34-32)36-26-19-11-9-6-2/h21,23,30H,5-20,22,24-27H2,1-4H3. The number of hydrogen-bond donors (Lipinski definition) is 0. The first kappa shape index (κ1) is 31.6. The van der Waals surface area contributed by atoms with Gasteiger partial charge in [-0.05, 0) is 50.2 Å². The van der Waals surface area contributed by atoms with E-state index in [1.807, 2.05) is 0 Å². The molecule has 0 bridgehead atoms. The molecule has 2 unspecified atom stereocenters. The number of allylic oxidation sites excluding steroid dienone is 2. The Labute approximate surface area is 228 Å². The lowest BCUT2D eigenvalue weighted by Gasteiger charge is -2.40. The largest absolute Gasteiger partial charge is 0.492 e. The van der Waals surface area contributed by atoms with Crippen LogP contribution in [0, 0.1) is 5.41 Å². The van der Waals surface area contributed by atoms with E-state index < -0.39 is 0 Å². The van der Waals surface area contributed by atoms with Crippen LogP contribution in [0.4, 0.5) is 0 Å². The lowest BCUT2D eigenvalue weighted by Crippen LogP contribution is -2.38. The Morgan fingerprint density at radius 1 is 0.892 bits per heavy atom. The highest BCUT2D eigenvalue weighted by Crippen LogP contribution is 2.43. The van der Waals surface area contributed by atoms with Crippen LogP contribution < -0.4 is 0 Å². The number of ether oxygens (including phenoxy) is 2. The minimum Gasteiger partial charge on any atom is -0.492 e. The van der Waals surface area contributed by atoms with Crippen LogP contribution in [0.15, 0.2) is 28.5 Å². The van der Waals surface area contributed by atoms with Gasteiger partial charge >= 0.3 is 5.97 Å². The van der Waals surface area contributed by atoms with Crippen molar-refractivity contribution in [1.82, 2.24) is 0 Å². The van der Waals surface area contributed by atoms with Crippen LogP contribution in [-0.4, -0.2) is 30.9 Å². The van der Waals surface area contributed by atoms with Crippen LogP contribution in [0.25, 0.3) is 0 Å². The highest BCUT2D eigenvalue weighted by atomic mass is 16.5. The summed E-state index contributed by atoms with van der Waals surface area (Å²) in [5.74, 6) is 0.941. The van der Waals surface area contributed by atoms with Gasteiger partial charge in [0.2, 0.25) is 0 Å². The third-order valence-corrected chi connectivity index (χ3v) is 8.18. The van der Waals surface area contributed by atoms with Gasteiger partial charge in [0.05, 0.1) is 13.2 Å². The summed E-state index contributed by atoms with van der Waals surface area (Å²) in [5.41, 5.74) is 2.26. The molecule has 37 heavy (non-hydrogen) atoms. The maximum atomic E-state index is 12.7. The first-order valence-corrected chi connectivity index (χ1v) is 15.8. The summed E-state index contributed by atoms with van der Waals surface area (Å²) in [4.78, 5) is 17.5. The van der Waals surface area contributed by atoms with Gasteiger partial charge in [0, 0.05) is 11.8 Å². The summed E-state index contributed by atoms with van der Waals surface area (Å²) in [6, 6.07) is 0. The Balaban J connectivity index is 1.73. The first-order valence-electron chi connectivity index (χ1n) is 15.8. The second-order valence-electron chi connectivity index (χ2n) is 11.6. The third kappa shape index (κ3) is 11.8. The van der Waals surface area contributed by atoms with Crippen molar-refractivity contribution in [3.05, 3.63) is 23.5 Å². The molecule has 2 atom stereocenters. The molecule has 0 spiro atoms. The number of rotatable bonds is 21. The Morgan fingerprint density at radius 3 is 2.16 bits per heavy atom. The Bertz CT molecular complexity index is 738. The van der Waals surface area contributed by atoms with E-state index in [4.69, 9.17) is 14.5 Å². The predicted octanol–water partition coefficient (Wildman–Crippen LogP) is 9.67. The summed E-state index contributed by atoms with van der Waals surface area (Å²) in [6.45, 7) is 10.4. The Kier molecular flexibility index (Phi) is 15.9. The highest BCUT2D eigenvalue weighted by molar-refractivity contribution is 6.12. The van der Waals surface area contributed by atoms with E-state index in [0.29, 0.717) is 13.0 Å². The molecule has 0 aromatic carbocycles. The summed E-state index contributed by atoms with van der Waals surface area (Å²) < 4.78 is 12.3. The van der Waals surface area contributed by atoms with E-state index in [2.05, 4.69) is 39.8 Å². The Morgan fingerprint density at radius 2 is 1.51 bits per heavy atom. The molecule has 0 aromatic heterocycles. The second kappa shape index (κ2) is 18.6. The van der Waals surface area contributed by atoms with E-state index in [-0.39, 0.29) is 17.5 Å². The highest BCUT2D eigenvalue weighted by Gasteiger charge is 2.39. The van der Waals surface area contributed by atoms with Crippen molar-refractivity contribution < 1.29 is 14.3 Å². The molecule has 0 saturated carbocycles. The summed E-state index contributed by atoms with van der Waals surface area (Å²) in [7, 11) is 0. The van der Waals surface area contributed by atoms with Crippen molar-refractivity contribution in [2.75, 3.05) is 13.2 Å². The molecule has 4 heteroatoms. The fourth-order valence-corrected chi connectivity index (χ4v) is 5.81. The molecule has 0 amide bonds. The summed E-state index contributed by atoms with van der Waals surface area (Å²) in [5, 5.41) is 0. The van der Waals surface area contributed by atoms with Gasteiger partial charge in [0.15, 0.2) is 0 Å². The van der Waals surface area contributed by atoms with Crippen LogP contribution in [0.5, 0.6) is 0 Å². The van der Waals surface area contributed by atoms with Gasteiger partial charge in [-0.2, -0.15) is 0 Å². The average Bonchev–Trinajstić information content (AvgIpc) is 3.37. The molecule has 0 aromatic rings. The lowest BCUT2D eigenvalue weighted by molar-refractivity contribution is -0.157. The lowest BCUT2D eigenvalue weighted by atomic mass is 9.70. The van der Waals surface area contributed by atoms with Crippen molar-refractivity contribution in [2.24, 2.45) is 10.4 Å². The van der Waals surface area contributed by atoms with Crippen molar-refractivity contribution in [1.29, 1.82) is 0 Å². The van der Waals surface area contributed by atoms with Crippen LogP contribution in [-0.2, 0) is 14.3 Å². The van der Waals surface area contributed by atoms with Gasteiger partial charge in [-0.1, -0.05) is 111 Å². The zero-order valence-corrected chi connectivity index (χ0v) is 24.8. The number of nitrogens with zero attached hydrogens (tertiary/aromatic N) is 1. The number of esters is 1. The molecule has 1 aliphatic heterocycles. The third-order valence-electron chi connectivity index (χ3n) is 8.18. The monoisotopic (exact) mass is 515 g/mol. The molecule has 1 heterocycles. The van der Waals surface area contributed by atoms with Gasteiger partial charge in [-0.3, -0.25) is 9.79 Å². The zero-order chi connectivity index (χ0) is 26.8. The van der Waals surface area contributed by atoms with E-state index >= 15 is 0 Å². The van der Waals surface area contributed by atoms with Crippen molar-refractivity contribution in [2.45, 2.75) is 156 Å². The molecule has 0 N–H and O–H groups in total. The van der Waals surface area contributed by atoms with Gasteiger partial charge in [-0.25, -0.2) is 0 Å². The molecule has 0 fully saturated rings. The number of carbonyl (C=O) groups excluding carboxylic acids is 1. The maximum Gasteiger partial charge on any atom is 0.306 e. The smallest absolute Gasteiger partial charge is 0.306 e. The van der Waals surface area contributed by atoms with Crippen molar-refractivity contribution >= 4 is 11.7 Å². The number of hydrogen-bond acceptors (Lipinski definition) is 4. The molecule has 2 aliphatic rings. The van der Waals surface area contributed by atoms with Crippen LogP contribution in [0.1, 0.15) is 150 Å². The zero-order valence-electron chi connectivity index (χ0n) is 24.8. The molecular weight excluding hydrogens is 458 g/mol. The van der Waals surface area contributed by atoms with Crippen LogP contribution >= 0.6 is 0 Å². The minimum absolute atomic E-state index is 0.0158. The molecule has 4 nitrogen and oxygen atoms in total. The first-order chi connectivity index (χ1) is 18.0. The van der Waals surface area contributed by atoms with E-state index in [0.717, 1.165) is 63.0 Å². The maximum absolute atomic E-state index is 12.7. The van der Waals surface area contributed by atoms with Gasteiger partial charge in [0.25, 0.3) is 0 Å². The van der Waals surface area contributed by atoms with Crippen molar-refractivity contribution in [3.8, 4) is 0 Å². The molecule has 1 aliphatic carbocycles. The topological polar surface area (TPSA) is 47.9 Å². The fourth-order valence-electron chi connectivity index (χ4n) is 5.81. The van der Waals surface area contributed by atoms with Gasteiger partial charge in [0.1, 0.15) is 17.6 Å².